The summed E-state index contributed by atoms with van der Waals surface area (Å²) in [7, 11) is 9.39. The first-order chi connectivity index (χ1) is 10.7. The zero-order valence-corrected chi connectivity index (χ0v) is 23.3. The number of piperazine rings is 2. The van der Waals surface area contributed by atoms with E-state index >= 15 is 0 Å². The normalized spacial score (nSPS) is 18.9. The van der Waals surface area contributed by atoms with Crippen LogP contribution in [0.3, 0.4) is 0 Å². The molecule has 26 heavy (non-hydrogen) atoms. The molecule has 0 bridgehead atoms. The summed E-state index contributed by atoms with van der Waals surface area (Å²) in [6.45, 7) is 14.4. The van der Waals surface area contributed by atoms with Gasteiger partial charge in [0.2, 0.25) is 0 Å². The van der Waals surface area contributed by atoms with Crippen molar-refractivity contribution in [2.45, 2.75) is 6.92 Å². The molecule has 2 fully saturated rings. The second-order valence-electron chi connectivity index (χ2n) is 5.91. The predicted octanol–water partition coefficient (Wildman–Crippen LogP) is 1.33. The smallest absolute Gasteiger partial charge is 0.0990 e. The molecule has 0 saturated carbocycles. The van der Waals surface area contributed by atoms with Crippen LogP contribution in [-0.2, 0) is 74.9 Å². The van der Waals surface area contributed by atoms with E-state index < -0.39 is 0 Å². The minimum absolute atomic E-state index is 0. The zero-order valence-electron chi connectivity index (χ0n) is 17.7. The van der Waals surface area contributed by atoms with Crippen molar-refractivity contribution in [3.05, 3.63) is 29.0 Å². The van der Waals surface area contributed by atoms with Crippen LogP contribution in [0.4, 0.5) is 0 Å². The van der Waals surface area contributed by atoms with Gasteiger partial charge >= 0.3 is 0 Å². The van der Waals surface area contributed by atoms with Crippen LogP contribution in [0.1, 0.15) is 6.92 Å². The number of nitrogens with zero attached hydrogens (tertiary/aromatic N) is 4. The van der Waals surface area contributed by atoms with Crippen LogP contribution in [0.25, 0.3) is 0 Å². The Hall–Kier alpha value is 1.97. The number of likely N-dealkylation sites (N-methyl/N-ethyl adjacent to an activating group) is 1. The number of ether oxygens (including phenoxy) is 2. The van der Waals surface area contributed by atoms with Gasteiger partial charge in [-0.25, -0.2) is 7.11 Å². The van der Waals surface area contributed by atoms with Crippen LogP contribution < -0.4 is 0 Å². The molecule has 0 aliphatic carbocycles. The Morgan fingerprint density at radius 2 is 1.35 bits per heavy atom. The van der Waals surface area contributed by atoms with E-state index in [1.807, 2.05) is 6.92 Å². The SMILES string of the molecule is [CH2-]N1CCN(COCC)CC1.[CH2-]OCCN1CCN(C)CC1.[CH3-].[CH3-].[Y].[Y]. The van der Waals surface area contributed by atoms with Crippen LogP contribution >= 0.6 is 0 Å². The van der Waals surface area contributed by atoms with Gasteiger partial charge in [0, 0.05) is 124 Å². The molecule has 0 unspecified atom stereocenters. The Kier molecular flexibility index (Phi) is 31.7. The average Bonchev–Trinajstić information content (AvgIpc) is 2.54. The molecule has 0 aromatic rings. The molecule has 0 spiro atoms. The van der Waals surface area contributed by atoms with Crippen LogP contribution in [0.15, 0.2) is 0 Å². The summed E-state index contributed by atoms with van der Waals surface area (Å²) in [5.74, 6) is 0. The second-order valence-corrected chi connectivity index (χ2v) is 5.91. The van der Waals surface area contributed by atoms with E-state index in [-0.39, 0.29) is 80.3 Å². The number of hydrogen-bond donors (Lipinski definition) is 0. The van der Waals surface area contributed by atoms with Gasteiger partial charge in [-0.3, -0.25) is 16.8 Å². The van der Waals surface area contributed by atoms with Crippen LogP contribution in [0.5, 0.6) is 0 Å². The van der Waals surface area contributed by atoms with E-state index in [1.54, 1.807) is 0 Å². The molecule has 0 aromatic heterocycles. The summed E-state index contributed by atoms with van der Waals surface area (Å²) in [5, 5.41) is 0. The Balaban J connectivity index is -0.000000161. The number of hydrogen-bond acceptors (Lipinski definition) is 6. The van der Waals surface area contributed by atoms with E-state index in [0.717, 1.165) is 52.7 Å². The minimum atomic E-state index is 0. The van der Waals surface area contributed by atoms with Crippen LogP contribution in [0, 0.1) is 29.0 Å². The van der Waals surface area contributed by atoms with Gasteiger partial charge in [0.1, 0.15) is 0 Å². The van der Waals surface area contributed by atoms with Gasteiger partial charge in [-0.05, 0) is 27.1 Å². The molecule has 2 heterocycles. The molecule has 2 aliphatic rings. The largest absolute Gasteiger partial charge is 0.554 e. The van der Waals surface area contributed by atoms with E-state index in [9.17, 15) is 0 Å². The standard InChI is InChI=1S/2C8H17N2O.2CH3.2Y/c1-9-3-5-10(6-4-9)7-8-11-2;1-3-11-8-10-6-4-9(2)5-7-10;;;;/h2*2-8H2,1H3;2*1H3;;/q4*-1;;. The van der Waals surface area contributed by atoms with Crippen molar-refractivity contribution in [2.75, 3.05) is 85.9 Å². The van der Waals surface area contributed by atoms with Crippen molar-refractivity contribution >= 4 is 0 Å². The first-order valence-electron chi connectivity index (χ1n) is 8.29. The summed E-state index contributed by atoms with van der Waals surface area (Å²) in [5.41, 5.74) is 0. The quantitative estimate of drug-likeness (QED) is 0.490. The fourth-order valence-corrected chi connectivity index (χ4v) is 2.40. The van der Waals surface area contributed by atoms with Gasteiger partial charge in [0.05, 0.1) is 6.73 Å². The van der Waals surface area contributed by atoms with Gasteiger partial charge in [-0.2, -0.15) is 0 Å². The van der Waals surface area contributed by atoms with Crippen molar-refractivity contribution < 1.29 is 74.9 Å². The fourth-order valence-electron chi connectivity index (χ4n) is 2.40. The minimum Gasteiger partial charge on any atom is -0.554 e. The summed E-state index contributed by atoms with van der Waals surface area (Å²) in [4.78, 5) is 9.17. The summed E-state index contributed by atoms with van der Waals surface area (Å²) < 4.78 is 10.1. The predicted molar refractivity (Wildman–Crippen MR) is 103 cm³/mol. The maximum absolute atomic E-state index is 5.30. The molecule has 2 radical (unpaired) electrons. The summed E-state index contributed by atoms with van der Waals surface area (Å²) >= 11 is 0. The van der Waals surface area contributed by atoms with Gasteiger partial charge in [0.25, 0.3) is 0 Å². The molecule has 2 saturated heterocycles. The molecule has 154 valence electrons. The van der Waals surface area contributed by atoms with E-state index in [0.29, 0.717) is 0 Å². The van der Waals surface area contributed by atoms with Gasteiger partial charge < -0.3 is 34.1 Å². The molecule has 6 nitrogen and oxygen atoms in total. The van der Waals surface area contributed by atoms with E-state index in [4.69, 9.17) is 9.47 Å². The van der Waals surface area contributed by atoms with Gasteiger partial charge in [-0.15, -0.1) is 0 Å². The first-order valence-corrected chi connectivity index (χ1v) is 8.29. The van der Waals surface area contributed by atoms with Crippen molar-refractivity contribution in [1.29, 1.82) is 0 Å². The molecule has 0 N–H and O–H groups in total. The maximum atomic E-state index is 5.30. The first kappa shape index (κ1) is 35.4. The molecule has 2 aliphatic heterocycles. The third-order valence-electron chi connectivity index (χ3n) is 4.09. The van der Waals surface area contributed by atoms with Crippen molar-refractivity contribution in [1.82, 2.24) is 19.6 Å². The molecule has 0 aromatic carbocycles. The van der Waals surface area contributed by atoms with Gasteiger partial charge in [0.15, 0.2) is 0 Å². The van der Waals surface area contributed by atoms with Crippen molar-refractivity contribution in [2.24, 2.45) is 0 Å². The Labute approximate surface area is 214 Å². The van der Waals surface area contributed by atoms with Crippen molar-refractivity contribution in [3.63, 3.8) is 0 Å². The van der Waals surface area contributed by atoms with E-state index in [2.05, 4.69) is 40.8 Å². The second kappa shape index (κ2) is 23.2. The van der Waals surface area contributed by atoms with E-state index in [1.165, 1.54) is 26.2 Å². The fraction of sp³-hybridized carbons (Fsp3) is 0.778. The van der Waals surface area contributed by atoms with Gasteiger partial charge in [-0.1, -0.05) is 0 Å². The molecular formula is C18H40N4O2Y2-4. The summed E-state index contributed by atoms with van der Waals surface area (Å²) in [6.07, 6.45) is 0. The molecule has 0 atom stereocenters. The average molecular weight is 522 g/mol. The maximum Gasteiger partial charge on any atom is 0.0990 e. The summed E-state index contributed by atoms with van der Waals surface area (Å²) in [6, 6.07) is 0. The Morgan fingerprint density at radius 3 is 1.81 bits per heavy atom. The topological polar surface area (TPSA) is 31.4 Å². The third-order valence-corrected chi connectivity index (χ3v) is 4.09. The molecular weight excluding hydrogens is 482 g/mol. The monoisotopic (exact) mass is 522 g/mol. The third kappa shape index (κ3) is 18.0. The van der Waals surface area contributed by atoms with Crippen molar-refractivity contribution in [3.8, 4) is 0 Å². The van der Waals surface area contributed by atoms with Crippen LogP contribution in [0.2, 0.25) is 0 Å². The Bertz CT molecular complexity index is 232. The molecule has 0 amide bonds. The van der Waals surface area contributed by atoms with Crippen LogP contribution in [-0.4, -0.2) is 105 Å². The molecule has 2 rings (SSSR count). The molecule has 8 heteroatoms. The zero-order chi connectivity index (χ0) is 16.2. The number of rotatable bonds is 6. The Morgan fingerprint density at radius 1 is 0.846 bits per heavy atom.